The smallest absolute Gasteiger partial charge is 0.266 e. The van der Waals surface area contributed by atoms with E-state index in [9.17, 15) is 4.79 Å². The lowest BCUT2D eigenvalue weighted by Gasteiger charge is -2.27. The number of rotatable bonds is 2. The Morgan fingerprint density at radius 3 is 2.95 bits per heavy atom. The van der Waals surface area contributed by atoms with Crippen LogP contribution in [0.2, 0.25) is 5.02 Å². The van der Waals surface area contributed by atoms with Crippen LogP contribution in [0.5, 0.6) is 0 Å². The largest absolute Gasteiger partial charge is 0.397 e. The Morgan fingerprint density at radius 1 is 1.48 bits per heavy atom. The van der Waals surface area contributed by atoms with Crippen molar-refractivity contribution in [1.29, 1.82) is 0 Å². The van der Waals surface area contributed by atoms with Gasteiger partial charge in [0.2, 0.25) is 0 Å². The average Bonchev–Trinajstić information content (AvgIpc) is 2.98. The van der Waals surface area contributed by atoms with E-state index in [1.807, 2.05) is 23.1 Å². The van der Waals surface area contributed by atoms with Gasteiger partial charge in [-0.25, -0.2) is 0 Å². The van der Waals surface area contributed by atoms with E-state index in [1.165, 1.54) is 11.3 Å². The number of carbonyl (C=O) groups is 1. The number of fused-ring (bicyclic) bond motifs is 1. The van der Waals surface area contributed by atoms with E-state index in [2.05, 4.69) is 13.8 Å². The van der Waals surface area contributed by atoms with Crippen molar-refractivity contribution in [2.75, 3.05) is 5.73 Å². The molecule has 1 amide bonds. The Bertz CT molecular complexity index is 697. The van der Waals surface area contributed by atoms with Gasteiger partial charge in [0.15, 0.2) is 0 Å². The molecule has 2 N–H and O–H groups in total. The molecule has 21 heavy (non-hydrogen) atoms. The maximum absolute atomic E-state index is 12.9. The SMILES string of the molecule is CCC1CCC(C)N1C(=O)c1sc2cc(Cl)ccc2c1N. The molecule has 0 bridgehead atoms. The van der Waals surface area contributed by atoms with Crippen molar-refractivity contribution < 1.29 is 4.79 Å². The molecule has 0 spiro atoms. The van der Waals surface area contributed by atoms with Crippen LogP contribution < -0.4 is 5.73 Å². The Morgan fingerprint density at radius 2 is 2.24 bits per heavy atom. The summed E-state index contributed by atoms with van der Waals surface area (Å²) in [5.74, 6) is 0.0710. The number of hydrogen-bond donors (Lipinski definition) is 1. The number of hydrogen-bond acceptors (Lipinski definition) is 3. The number of thiophene rings is 1. The van der Waals surface area contributed by atoms with Crippen LogP contribution in [0.4, 0.5) is 5.69 Å². The lowest BCUT2D eigenvalue weighted by Crippen LogP contribution is -2.39. The quantitative estimate of drug-likeness (QED) is 0.882. The third kappa shape index (κ3) is 2.40. The van der Waals surface area contributed by atoms with Crippen molar-refractivity contribution in [3.8, 4) is 0 Å². The zero-order valence-electron chi connectivity index (χ0n) is 12.2. The number of carbonyl (C=O) groups excluding carboxylic acids is 1. The van der Waals surface area contributed by atoms with Crippen molar-refractivity contribution in [2.24, 2.45) is 0 Å². The summed E-state index contributed by atoms with van der Waals surface area (Å²) >= 11 is 7.47. The van der Waals surface area contributed by atoms with Crippen LogP contribution in [0, 0.1) is 0 Å². The summed E-state index contributed by atoms with van der Waals surface area (Å²) in [6, 6.07) is 6.20. The van der Waals surface area contributed by atoms with Gasteiger partial charge >= 0.3 is 0 Å². The zero-order valence-corrected chi connectivity index (χ0v) is 13.8. The highest BCUT2D eigenvalue weighted by Gasteiger charge is 2.35. The molecule has 1 aromatic heterocycles. The number of nitrogen functional groups attached to an aromatic ring is 1. The second kappa shape index (κ2) is 5.50. The minimum atomic E-state index is 0.0710. The predicted octanol–water partition coefficient (Wildman–Crippen LogP) is 4.54. The summed E-state index contributed by atoms with van der Waals surface area (Å²) in [4.78, 5) is 15.6. The molecule has 3 rings (SSSR count). The molecule has 2 atom stereocenters. The summed E-state index contributed by atoms with van der Waals surface area (Å²) in [7, 11) is 0. The fourth-order valence-corrected chi connectivity index (χ4v) is 4.55. The van der Waals surface area contributed by atoms with Crippen molar-refractivity contribution in [3.63, 3.8) is 0 Å². The predicted molar refractivity (Wildman–Crippen MR) is 90.2 cm³/mol. The molecule has 112 valence electrons. The Labute approximate surface area is 133 Å². The molecule has 0 aliphatic carbocycles. The second-order valence-electron chi connectivity index (χ2n) is 5.69. The van der Waals surface area contributed by atoms with Crippen LogP contribution in [-0.2, 0) is 0 Å². The molecule has 0 radical (unpaired) electrons. The van der Waals surface area contributed by atoms with E-state index in [-0.39, 0.29) is 11.9 Å². The van der Waals surface area contributed by atoms with Crippen molar-refractivity contribution in [3.05, 3.63) is 28.1 Å². The first kappa shape index (κ1) is 14.7. The maximum atomic E-state index is 12.9. The minimum Gasteiger partial charge on any atom is -0.397 e. The van der Waals surface area contributed by atoms with E-state index in [4.69, 9.17) is 17.3 Å². The van der Waals surface area contributed by atoms with Gasteiger partial charge in [0, 0.05) is 27.2 Å². The molecule has 2 heterocycles. The van der Waals surface area contributed by atoms with Crippen molar-refractivity contribution >= 4 is 44.6 Å². The molecule has 2 aromatic rings. The van der Waals surface area contributed by atoms with Crippen LogP contribution in [0.1, 0.15) is 42.8 Å². The fourth-order valence-electron chi connectivity index (χ4n) is 3.20. The molecule has 2 unspecified atom stereocenters. The highest BCUT2D eigenvalue weighted by Crippen LogP contribution is 2.38. The summed E-state index contributed by atoms with van der Waals surface area (Å²) in [6.45, 7) is 4.25. The lowest BCUT2D eigenvalue weighted by atomic mass is 10.1. The summed E-state index contributed by atoms with van der Waals surface area (Å²) in [5.41, 5.74) is 6.80. The Hall–Kier alpha value is -1.26. The van der Waals surface area contributed by atoms with E-state index in [0.717, 1.165) is 29.3 Å². The monoisotopic (exact) mass is 322 g/mol. The van der Waals surface area contributed by atoms with Gasteiger partial charge in [-0.1, -0.05) is 18.5 Å². The number of benzene rings is 1. The van der Waals surface area contributed by atoms with Gasteiger partial charge in [-0.2, -0.15) is 0 Å². The number of likely N-dealkylation sites (tertiary alicyclic amines) is 1. The van der Waals surface area contributed by atoms with Crippen LogP contribution in [-0.4, -0.2) is 22.9 Å². The normalized spacial score (nSPS) is 22.1. The molecule has 3 nitrogen and oxygen atoms in total. The highest BCUT2D eigenvalue weighted by molar-refractivity contribution is 7.21. The number of nitrogens with zero attached hydrogens (tertiary/aromatic N) is 1. The molecule has 1 aliphatic heterocycles. The van der Waals surface area contributed by atoms with Gasteiger partial charge in [-0.15, -0.1) is 11.3 Å². The van der Waals surface area contributed by atoms with E-state index < -0.39 is 0 Å². The topological polar surface area (TPSA) is 46.3 Å². The van der Waals surface area contributed by atoms with Gasteiger partial charge in [-0.3, -0.25) is 4.79 Å². The van der Waals surface area contributed by atoms with E-state index >= 15 is 0 Å². The number of halogens is 1. The first-order chi connectivity index (χ1) is 10.0. The molecule has 0 saturated carbocycles. The van der Waals surface area contributed by atoms with Gasteiger partial charge in [0.25, 0.3) is 5.91 Å². The van der Waals surface area contributed by atoms with Gasteiger partial charge < -0.3 is 10.6 Å². The Balaban J connectivity index is 2.03. The van der Waals surface area contributed by atoms with Crippen molar-refractivity contribution in [2.45, 2.75) is 45.2 Å². The zero-order chi connectivity index (χ0) is 15.1. The van der Waals surface area contributed by atoms with Crippen molar-refractivity contribution in [1.82, 2.24) is 4.90 Å². The standard InChI is InChI=1S/C16H19ClN2OS/c1-3-11-6-4-9(2)19(11)16(20)15-14(18)12-7-5-10(17)8-13(12)21-15/h5,7-9,11H,3-4,6,18H2,1-2H3. The minimum absolute atomic E-state index is 0.0710. The first-order valence-electron chi connectivity index (χ1n) is 7.33. The lowest BCUT2D eigenvalue weighted by molar-refractivity contribution is 0.0682. The number of anilines is 1. The third-order valence-electron chi connectivity index (χ3n) is 4.38. The summed E-state index contributed by atoms with van der Waals surface area (Å²) in [6.07, 6.45) is 3.15. The molecule has 1 aliphatic rings. The third-order valence-corrected chi connectivity index (χ3v) is 5.77. The van der Waals surface area contributed by atoms with Gasteiger partial charge in [0.1, 0.15) is 4.88 Å². The second-order valence-corrected chi connectivity index (χ2v) is 7.17. The van der Waals surface area contributed by atoms with E-state index in [1.54, 1.807) is 0 Å². The van der Waals surface area contributed by atoms with Crippen LogP contribution in [0.15, 0.2) is 18.2 Å². The van der Waals surface area contributed by atoms with Crippen LogP contribution >= 0.6 is 22.9 Å². The summed E-state index contributed by atoms with van der Waals surface area (Å²) in [5, 5.41) is 1.59. The molecule has 1 fully saturated rings. The maximum Gasteiger partial charge on any atom is 0.266 e. The molecule has 1 aromatic carbocycles. The molecular weight excluding hydrogens is 304 g/mol. The van der Waals surface area contributed by atoms with Crippen LogP contribution in [0.3, 0.4) is 0 Å². The highest BCUT2D eigenvalue weighted by atomic mass is 35.5. The fraction of sp³-hybridized carbons (Fsp3) is 0.438. The Kier molecular flexibility index (Phi) is 3.84. The number of amides is 1. The van der Waals surface area contributed by atoms with Gasteiger partial charge in [0.05, 0.1) is 5.69 Å². The first-order valence-corrected chi connectivity index (χ1v) is 8.52. The van der Waals surface area contributed by atoms with Crippen LogP contribution in [0.25, 0.3) is 10.1 Å². The van der Waals surface area contributed by atoms with Gasteiger partial charge in [-0.05, 0) is 44.4 Å². The molecular formula is C16H19ClN2OS. The molecule has 1 saturated heterocycles. The summed E-state index contributed by atoms with van der Waals surface area (Å²) < 4.78 is 0.975. The number of nitrogens with two attached hydrogens (primary N) is 1. The molecule has 5 heteroatoms. The average molecular weight is 323 g/mol. The van der Waals surface area contributed by atoms with E-state index in [0.29, 0.717) is 21.6 Å².